The first-order valence-electron chi connectivity index (χ1n) is 18.4. The molecule has 0 saturated carbocycles. The molecule has 1 radical (unpaired) electrons. The Bertz CT molecular complexity index is 1860. The smallest absolute Gasteiger partial charge is 0.868 e. The van der Waals surface area contributed by atoms with Gasteiger partial charge in [0.25, 0.3) is 17.7 Å². The molecule has 3 N–H and O–H groups in total. The monoisotopic (exact) mass is 972 g/mol. The number of rotatable bonds is 25. The Kier molecular flexibility index (Phi) is 21.4. The van der Waals surface area contributed by atoms with Gasteiger partial charge in [-0.3, -0.25) is 38.9 Å². The minimum atomic E-state index is -1.69. The number of hydrogen-bond donors (Lipinski definition) is 3. The number of nitrogens with zero attached hydrogens (tertiary/aromatic N) is 4. The predicted molar refractivity (Wildman–Crippen MR) is 200 cm³/mol. The van der Waals surface area contributed by atoms with Gasteiger partial charge in [-0.2, -0.15) is 0 Å². The molecule has 3 rings (SSSR count). The number of hydrogen-bond acceptors (Lipinski definition) is 14. The Hall–Kier alpha value is -4.74. The molecule has 0 aliphatic carbocycles. The van der Waals surface area contributed by atoms with E-state index in [2.05, 4.69) is 16.0 Å². The number of methoxy groups -OCH3 is 3. The normalized spacial score (nSPS) is 11.1. The Labute approximate surface area is 370 Å². The minimum Gasteiger partial charge on any atom is -0.868 e. The van der Waals surface area contributed by atoms with E-state index in [1.54, 1.807) is 0 Å². The molecule has 0 unspecified atom stereocenters. The maximum Gasteiger partial charge on any atom is 3.00 e. The molecular weight excluding hydrogens is 924 g/mol. The number of ether oxygens (including phenoxy) is 3. The van der Waals surface area contributed by atoms with Gasteiger partial charge in [0.15, 0.2) is 16.3 Å². The molecule has 323 valence electrons. The van der Waals surface area contributed by atoms with Crippen LogP contribution in [0.25, 0.3) is 0 Å². The van der Waals surface area contributed by atoms with Crippen molar-refractivity contribution in [3.63, 3.8) is 0 Å². The van der Waals surface area contributed by atoms with E-state index in [-0.39, 0.29) is 138 Å². The van der Waals surface area contributed by atoms with E-state index in [0.717, 1.165) is 18.2 Å². The molecule has 0 aliphatic rings. The summed E-state index contributed by atoms with van der Waals surface area (Å²) >= 11 is 0. The largest absolute Gasteiger partial charge is 3.00 e. The van der Waals surface area contributed by atoms with Crippen molar-refractivity contribution in [2.45, 2.75) is 63.7 Å². The van der Waals surface area contributed by atoms with E-state index in [0.29, 0.717) is 0 Å². The van der Waals surface area contributed by atoms with Crippen molar-refractivity contribution in [3.05, 3.63) is 94.7 Å². The third-order valence-corrected chi connectivity index (χ3v) is 9.35. The van der Waals surface area contributed by atoms with Crippen LogP contribution in [0, 0.1) is 50.1 Å². The van der Waals surface area contributed by atoms with Crippen LogP contribution in [0.1, 0.15) is 70.0 Å². The first kappa shape index (κ1) is 50.4. The summed E-state index contributed by atoms with van der Waals surface area (Å²) in [5, 5.41) is 58.2. The number of carbonyl (C=O) groups excluding carboxylic acids is 3. The van der Waals surface area contributed by atoms with Gasteiger partial charge >= 0.3 is 39.9 Å². The third-order valence-electron chi connectivity index (χ3n) is 9.35. The second kappa shape index (κ2) is 25.0. The third kappa shape index (κ3) is 13.9. The van der Waals surface area contributed by atoms with Gasteiger partial charge in [-0.1, -0.05) is 0 Å². The van der Waals surface area contributed by atoms with E-state index in [9.17, 15) is 54.2 Å². The van der Waals surface area contributed by atoms with Gasteiger partial charge in [0.2, 0.25) is 5.54 Å². The van der Waals surface area contributed by atoms with Crippen molar-refractivity contribution < 1.29 is 88.8 Å². The summed E-state index contributed by atoms with van der Waals surface area (Å²) in [5.41, 5.74) is -5.62. The van der Waals surface area contributed by atoms with E-state index in [1.807, 2.05) is 0 Å². The zero-order valence-electron chi connectivity index (χ0n) is 32.9. The quantitative estimate of drug-likeness (QED) is 0.0484. The maximum absolute atomic E-state index is 13.1. The molecule has 0 spiro atoms. The Morgan fingerprint density at radius 3 is 1.10 bits per heavy atom. The second-order valence-electron chi connectivity index (χ2n) is 13.2. The predicted octanol–water partition coefficient (Wildman–Crippen LogP) is -1.72. The zero-order valence-corrected chi connectivity index (χ0v) is 35.2. The van der Waals surface area contributed by atoms with Crippen LogP contribution in [0.2, 0.25) is 0 Å². The Balaban J connectivity index is 0.0000120. The molecule has 0 atom stereocenters. The molecule has 3 aromatic heterocycles. The van der Waals surface area contributed by atoms with Crippen LogP contribution >= 0.6 is 0 Å². The molecule has 3 aromatic rings. The minimum absolute atomic E-state index is 0. The van der Waals surface area contributed by atoms with Gasteiger partial charge in [-0.25, -0.2) is 0 Å². The van der Waals surface area contributed by atoms with Gasteiger partial charge in [-0.15, -0.1) is 0 Å². The van der Waals surface area contributed by atoms with E-state index in [4.69, 9.17) is 14.2 Å². The molecule has 3 amide bonds. The molecule has 0 saturated heterocycles. The standard InChI is InChI=1S/C37H51N7O14.Gd/c1-56-22-19-41-16-7-25(45)31(48)28(41)34(51)38-13-4-10-37(44(54)55,11-5-14-39-35(52)29-32(49)26(46)8-17-42(29)20-23-57-2)12-6-15-40-36(53)30-33(50)27(47)9-18-43(30)21-24-58-3;/h7-9,16-18,48-50H,4-6,10-15,19-24H2,1-3H3,(H,38,51)(H,39,52)(H,40,53);/q;+3/p-3. The summed E-state index contributed by atoms with van der Waals surface area (Å²) in [7, 11) is 4.27. The SMILES string of the molecule is COCCn1ccc(=O)c([O-])c1C(=O)NCCCC(CCCNC(=O)c1c([O-])c(=O)ccn1CCOC)(CCCNC(=O)c1c([O-])c(=O)ccn1CCOC)[N+](=O)[O-].[Gd+3]. The number of aromatic nitrogens is 3. The van der Waals surface area contributed by atoms with Gasteiger partial charge in [-0.05, 0) is 36.5 Å². The van der Waals surface area contributed by atoms with Crippen molar-refractivity contribution >= 4 is 17.7 Å². The number of amides is 3. The Morgan fingerprint density at radius 2 is 0.864 bits per heavy atom. The fourth-order valence-corrected chi connectivity index (χ4v) is 6.25. The van der Waals surface area contributed by atoms with Crippen LogP contribution in [-0.2, 0) is 33.8 Å². The zero-order chi connectivity index (χ0) is 42.8. The van der Waals surface area contributed by atoms with Crippen molar-refractivity contribution in [1.29, 1.82) is 0 Å². The van der Waals surface area contributed by atoms with Gasteiger partial charge in [0.05, 0.1) is 19.8 Å². The number of nitro groups is 1. The van der Waals surface area contributed by atoms with Gasteiger partial charge < -0.3 is 59.2 Å². The molecule has 0 fully saturated rings. The summed E-state index contributed by atoms with van der Waals surface area (Å²) in [6, 6.07) is 3.10. The number of nitrogens with one attached hydrogen (secondary N) is 3. The van der Waals surface area contributed by atoms with E-state index in [1.165, 1.54) is 53.6 Å². The average molecular weight is 972 g/mol. The van der Waals surface area contributed by atoms with Crippen molar-refractivity contribution in [2.24, 2.45) is 0 Å². The molecule has 3 heterocycles. The molecule has 0 aromatic carbocycles. The molecule has 22 heteroatoms. The molecule has 59 heavy (non-hydrogen) atoms. The van der Waals surface area contributed by atoms with Crippen molar-refractivity contribution in [1.82, 2.24) is 29.7 Å². The summed E-state index contributed by atoms with van der Waals surface area (Å²) in [6.07, 6.45) is 3.56. The van der Waals surface area contributed by atoms with Crippen LogP contribution in [0.3, 0.4) is 0 Å². The fraction of sp³-hybridized carbons (Fsp3) is 0.514. The van der Waals surface area contributed by atoms with Gasteiger partial charge in [0, 0.05) is 122 Å². The topological polar surface area (TPSA) is 293 Å². The fourth-order valence-electron chi connectivity index (χ4n) is 6.25. The van der Waals surface area contributed by atoms with E-state index < -0.39 is 78.8 Å². The van der Waals surface area contributed by atoms with Crippen molar-refractivity contribution in [3.8, 4) is 17.2 Å². The van der Waals surface area contributed by atoms with Crippen LogP contribution in [0.4, 0.5) is 0 Å². The van der Waals surface area contributed by atoms with Crippen molar-refractivity contribution in [2.75, 3.05) is 60.8 Å². The molecule has 21 nitrogen and oxygen atoms in total. The summed E-state index contributed by atoms with van der Waals surface area (Å²) in [6.45, 7) is 0.332. The van der Waals surface area contributed by atoms with Crippen LogP contribution < -0.4 is 47.6 Å². The molecule has 0 bridgehead atoms. The number of pyridine rings is 3. The average Bonchev–Trinajstić information content (AvgIpc) is 3.20. The summed E-state index contributed by atoms with van der Waals surface area (Å²) in [5.74, 6) is -5.65. The first-order valence-corrected chi connectivity index (χ1v) is 18.4. The maximum atomic E-state index is 13.1. The first-order chi connectivity index (χ1) is 27.7. The molecular formula is C37H48GdN7O14. The van der Waals surface area contributed by atoms with Crippen LogP contribution in [0.15, 0.2) is 51.2 Å². The van der Waals surface area contributed by atoms with E-state index >= 15 is 0 Å². The molecule has 0 aliphatic heterocycles. The van der Waals surface area contributed by atoms with Crippen LogP contribution in [0.5, 0.6) is 17.2 Å². The van der Waals surface area contributed by atoms with Gasteiger partial charge in [0.1, 0.15) is 17.1 Å². The number of carbonyl (C=O) groups is 3. The second-order valence-corrected chi connectivity index (χ2v) is 13.2. The Morgan fingerprint density at radius 1 is 0.593 bits per heavy atom. The summed E-state index contributed by atoms with van der Waals surface area (Å²) in [4.78, 5) is 87.7. The van der Waals surface area contributed by atoms with Crippen LogP contribution in [-0.4, -0.2) is 103 Å². The summed E-state index contributed by atoms with van der Waals surface area (Å²) < 4.78 is 18.9.